The van der Waals surface area contributed by atoms with Crippen molar-refractivity contribution >= 4 is 35.3 Å². The highest BCUT2D eigenvalue weighted by Crippen LogP contribution is 2.21. The smallest absolute Gasteiger partial charge is 0.316 e. The molecule has 0 bridgehead atoms. The zero-order valence-electron chi connectivity index (χ0n) is 21.8. The molecule has 1 saturated heterocycles. The molecule has 0 unspecified atom stereocenters. The number of benzene rings is 3. The predicted molar refractivity (Wildman–Crippen MR) is 150 cm³/mol. The van der Waals surface area contributed by atoms with Gasteiger partial charge >= 0.3 is 5.91 Å². The van der Waals surface area contributed by atoms with Crippen molar-refractivity contribution < 1.29 is 19.1 Å². The molecule has 0 aliphatic carbocycles. The molecule has 1 aliphatic heterocycles. The highest BCUT2D eigenvalue weighted by atomic mass is 16.5. The molecule has 1 fully saturated rings. The summed E-state index contributed by atoms with van der Waals surface area (Å²) in [7, 11) is 1.83. The molecular weight excluding hydrogens is 498 g/mol. The first kappa shape index (κ1) is 27.3. The number of amides is 3. The van der Waals surface area contributed by atoms with Crippen molar-refractivity contribution in [3.05, 3.63) is 89.3 Å². The lowest BCUT2D eigenvalue weighted by atomic mass is 10.2. The number of likely N-dealkylation sites (N-methyl/N-ethyl adjacent to an activating group) is 1. The van der Waals surface area contributed by atoms with Crippen LogP contribution in [0.4, 0.5) is 17.1 Å². The second kappa shape index (κ2) is 13.2. The highest BCUT2D eigenvalue weighted by molar-refractivity contribution is 5.95. The molecule has 202 valence electrons. The lowest BCUT2D eigenvalue weighted by molar-refractivity contribution is -0.133. The van der Waals surface area contributed by atoms with Crippen molar-refractivity contribution in [3.8, 4) is 5.75 Å². The number of ether oxygens (including phenoxy) is 1. The minimum absolute atomic E-state index is 0.0476. The van der Waals surface area contributed by atoms with E-state index in [1.165, 1.54) is 6.07 Å². The summed E-state index contributed by atoms with van der Waals surface area (Å²) in [5.74, 6) is -0.336. The van der Waals surface area contributed by atoms with E-state index in [0.717, 1.165) is 30.9 Å². The maximum atomic E-state index is 12.7. The Bertz CT molecular complexity index is 1280. The molecule has 0 atom stereocenters. The summed E-state index contributed by atoms with van der Waals surface area (Å²) in [6.45, 7) is 3.67. The molecule has 0 aromatic heterocycles. The fourth-order valence-corrected chi connectivity index (χ4v) is 4.38. The standard InChI is InChI=1S/C29H31N5O5/c1-31(26-9-5-6-23(20-26)29(37)30-38)14-15-34(22-35)25-10-12-27(13-11-25)39-21-28(36)33-18-16-32(17-19-33)24-7-3-2-4-8-24/h2-13,20,22H,14-19,21H2,1H3. The third kappa shape index (κ3) is 7.19. The Labute approximate surface area is 227 Å². The van der Waals surface area contributed by atoms with Crippen LogP contribution < -0.4 is 19.4 Å². The van der Waals surface area contributed by atoms with Crippen LogP contribution in [-0.4, -0.2) is 76.0 Å². The van der Waals surface area contributed by atoms with Crippen molar-refractivity contribution in [3.63, 3.8) is 0 Å². The number of carbonyl (C=O) groups is 3. The van der Waals surface area contributed by atoms with Gasteiger partial charge in [-0.3, -0.25) is 14.4 Å². The molecule has 10 nitrogen and oxygen atoms in total. The zero-order chi connectivity index (χ0) is 27.6. The van der Waals surface area contributed by atoms with Gasteiger partial charge in [-0.25, -0.2) is 0 Å². The molecule has 10 heteroatoms. The van der Waals surface area contributed by atoms with Crippen LogP contribution in [0.25, 0.3) is 0 Å². The lowest BCUT2D eigenvalue weighted by Gasteiger charge is -2.36. The van der Waals surface area contributed by atoms with Crippen LogP contribution in [0.5, 0.6) is 5.75 Å². The van der Waals surface area contributed by atoms with Gasteiger partial charge in [0, 0.05) is 74.1 Å². The van der Waals surface area contributed by atoms with Gasteiger partial charge in [0.2, 0.25) is 6.41 Å². The van der Waals surface area contributed by atoms with E-state index < -0.39 is 5.91 Å². The largest absolute Gasteiger partial charge is 0.484 e. The molecule has 0 N–H and O–H groups in total. The third-order valence-corrected chi connectivity index (χ3v) is 6.70. The summed E-state index contributed by atoms with van der Waals surface area (Å²) >= 11 is 0. The Morgan fingerprint density at radius 2 is 1.62 bits per heavy atom. The molecule has 3 amide bonds. The van der Waals surface area contributed by atoms with Crippen molar-refractivity contribution in [2.24, 2.45) is 5.18 Å². The molecule has 0 saturated carbocycles. The summed E-state index contributed by atoms with van der Waals surface area (Å²) in [6.07, 6.45) is 0.749. The normalized spacial score (nSPS) is 12.9. The number of anilines is 3. The predicted octanol–water partition coefficient (Wildman–Crippen LogP) is 3.42. The van der Waals surface area contributed by atoms with Gasteiger partial charge in [-0.05, 0) is 54.6 Å². The molecule has 3 aromatic carbocycles. The molecule has 0 radical (unpaired) electrons. The van der Waals surface area contributed by atoms with E-state index in [2.05, 4.69) is 22.2 Å². The van der Waals surface area contributed by atoms with Crippen LogP contribution in [0.1, 0.15) is 10.4 Å². The second-order valence-corrected chi connectivity index (χ2v) is 9.15. The van der Waals surface area contributed by atoms with E-state index in [-0.39, 0.29) is 18.1 Å². The first-order chi connectivity index (χ1) is 19.0. The summed E-state index contributed by atoms with van der Waals surface area (Å²) < 4.78 is 5.72. The quantitative estimate of drug-likeness (QED) is 0.277. The number of hydrogen-bond donors (Lipinski definition) is 0. The zero-order valence-corrected chi connectivity index (χ0v) is 21.8. The lowest BCUT2D eigenvalue weighted by Crippen LogP contribution is -2.50. The summed E-state index contributed by atoms with van der Waals surface area (Å²) in [6, 6.07) is 23.8. The van der Waals surface area contributed by atoms with Crippen LogP contribution in [0, 0.1) is 4.91 Å². The number of nitroso groups, excluding NO2 is 1. The number of nitrogens with zero attached hydrogens (tertiary/aromatic N) is 5. The Morgan fingerprint density at radius 1 is 0.897 bits per heavy atom. The van der Waals surface area contributed by atoms with Gasteiger partial charge in [0.05, 0.1) is 0 Å². The minimum Gasteiger partial charge on any atom is -0.484 e. The van der Waals surface area contributed by atoms with Crippen LogP contribution in [0.2, 0.25) is 0 Å². The molecule has 4 rings (SSSR count). The highest BCUT2D eigenvalue weighted by Gasteiger charge is 2.21. The molecular formula is C29H31N5O5. The van der Waals surface area contributed by atoms with Crippen LogP contribution in [-0.2, 0) is 9.59 Å². The van der Waals surface area contributed by atoms with Gasteiger partial charge < -0.3 is 24.3 Å². The minimum atomic E-state index is -0.825. The van der Waals surface area contributed by atoms with Crippen molar-refractivity contribution in [1.82, 2.24) is 4.90 Å². The van der Waals surface area contributed by atoms with Crippen LogP contribution in [0.3, 0.4) is 0 Å². The van der Waals surface area contributed by atoms with Gasteiger partial charge in [0.25, 0.3) is 5.91 Å². The topological polar surface area (TPSA) is 103 Å². The van der Waals surface area contributed by atoms with Gasteiger partial charge in [-0.2, -0.15) is 0 Å². The third-order valence-electron chi connectivity index (χ3n) is 6.70. The van der Waals surface area contributed by atoms with E-state index in [9.17, 15) is 19.3 Å². The van der Waals surface area contributed by atoms with Gasteiger partial charge in [0.1, 0.15) is 5.75 Å². The molecule has 3 aromatic rings. The first-order valence-corrected chi connectivity index (χ1v) is 12.7. The number of piperazine rings is 1. The fraction of sp³-hybridized carbons (Fsp3) is 0.276. The van der Waals surface area contributed by atoms with E-state index in [0.29, 0.717) is 37.6 Å². The van der Waals surface area contributed by atoms with Crippen molar-refractivity contribution in [2.45, 2.75) is 0 Å². The van der Waals surface area contributed by atoms with Gasteiger partial charge in [-0.1, -0.05) is 24.3 Å². The average Bonchev–Trinajstić information content (AvgIpc) is 3.00. The Balaban J connectivity index is 1.24. The van der Waals surface area contributed by atoms with Crippen molar-refractivity contribution in [1.29, 1.82) is 0 Å². The van der Waals surface area contributed by atoms with E-state index in [4.69, 9.17) is 4.74 Å². The second-order valence-electron chi connectivity index (χ2n) is 9.15. The Morgan fingerprint density at radius 3 is 2.28 bits per heavy atom. The molecule has 1 aliphatic rings. The van der Waals surface area contributed by atoms with E-state index in [1.54, 1.807) is 41.3 Å². The van der Waals surface area contributed by atoms with Crippen molar-refractivity contribution in [2.75, 3.05) is 67.6 Å². The Kier molecular flexibility index (Phi) is 9.23. The van der Waals surface area contributed by atoms with E-state index >= 15 is 0 Å². The Hall–Kier alpha value is -4.73. The maximum absolute atomic E-state index is 12.7. The summed E-state index contributed by atoms with van der Waals surface area (Å²) in [4.78, 5) is 54.0. The first-order valence-electron chi connectivity index (χ1n) is 12.7. The average molecular weight is 530 g/mol. The van der Waals surface area contributed by atoms with Gasteiger partial charge in [-0.15, -0.1) is 4.91 Å². The number of hydrogen-bond acceptors (Lipinski definition) is 7. The number of carbonyl (C=O) groups excluding carboxylic acids is 3. The molecule has 0 spiro atoms. The maximum Gasteiger partial charge on any atom is 0.316 e. The molecule has 39 heavy (non-hydrogen) atoms. The van der Waals surface area contributed by atoms with Crippen LogP contribution in [0.15, 0.2) is 84.0 Å². The van der Waals surface area contributed by atoms with E-state index in [1.807, 2.05) is 41.1 Å². The fourth-order valence-electron chi connectivity index (χ4n) is 4.38. The SMILES string of the molecule is CN(CCN(C=O)c1ccc(OCC(=O)N2CCN(c3ccccc3)CC2)cc1)c1cccc(C(=O)N=O)c1. The molecule has 1 heterocycles. The number of rotatable bonds is 11. The summed E-state index contributed by atoms with van der Waals surface area (Å²) in [5, 5.41) is 2.46. The monoisotopic (exact) mass is 529 g/mol. The van der Waals surface area contributed by atoms with Gasteiger partial charge in [0.15, 0.2) is 6.61 Å². The van der Waals surface area contributed by atoms with Crippen LogP contribution >= 0.6 is 0 Å². The summed E-state index contributed by atoms with van der Waals surface area (Å²) in [5.41, 5.74) is 2.79. The number of para-hydroxylation sites is 1.